The van der Waals surface area contributed by atoms with E-state index in [1.807, 2.05) is 29.8 Å². The first-order chi connectivity index (χ1) is 10.3. The number of para-hydroxylation sites is 1. The number of aromatic nitrogens is 4. The summed E-state index contributed by atoms with van der Waals surface area (Å²) in [7, 11) is 0. The van der Waals surface area contributed by atoms with Gasteiger partial charge in [-0.25, -0.2) is 4.68 Å². The van der Waals surface area contributed by atoms with Crippen molar-refractivity contribution in [2.75, 3.05) is 0 Å². The predicted molar refractivity (Wildman–Crippen MR) is 77.9 cm³/mol. The van der Waals surface area contributed by atoms with Crippen LogP contribution >= 0.6 is 0 Å². The van der Waals surface area contributed by atoms with Gasteiger partial charge in [0.2, 0.25) is 6.39 Å². The number of nitrogens with one attached hydrogen (secondary N) is 1. The average Bonchev–Trinajstić information content (AvgIpc) is 3.11. The second kappa shape index (κ2) is 5.88. The number of benzene rings is 1. The summed E-state index contributed by atoms with van der Waals surface area (Å²) in [5.74, 6) is 0.653. The molecule has 2 heterocycles. The molecule has 1 aromatic carbocycles. The Hall–Kier alpha value is -2.47. The van der Waals surface area contributed by atoms with Gasteiger partial charge in [0.1, 0.15) is 0 Å². The molecule has 6 heteroatoms. The highest BCUT2D eigenvalue weighted by Gasteiger charge is 2.12. The number of aryl methyl sites for hydroxylation is 1. The van der Waals surface area contributed by atoms with E-state index in [2.05, 4.69) is 39.6 Å². The van der Waals surface area contributed by atoms with Crippen LogP contribution in [0.2, 0.25) is 0 Å². The van der Waals surface area contributed by atoms with Gasteiger partial charge in [0.15, 0.2) is 5.82 Å². The molecule has 6 nitrogen and oxygen atoms in total. The number of rotatable bonds is 5. The van der Waals surface area contributed by atoms with Crippen molar-refractivity contribution in [3.05, 3.63) is 59.5 Å². The number of hydrogen-bond donors (Lipinski definition) is 1. The fourth-order valence-electron chi connectivity index (χ4n) is 2.32. The van der Waals surface area contributed by atoms with Crippen LogP contribution in [0, 0.1) is 13.8 Å². The average molecular weight is 283 g/mol. The Morgan fingerprint density at radius 2 is 1.95 bits per heavy atom. The molecule has 0 atom stereocenters. The molecular weight excluding hydrogens is 266 g/mol. The molecule has 3 rings (SSSR count). The van der Waals surface area contributed by atoms with E-state index in [1.165, 1.54) is 12.0 Å². The zero-order valence-corrected chi connectivity index (χ0v) is 12.1. The molecule has 0 bridgehead atoms. The smallest absolute Gasteiger partial charge is 0.213 e. The highest BCUT2D eigenvalue weighted by molar-refractivity contribution is 5.36. The quantitative estimate of drug-likeness (QED) is 0.777. The van der Waals surface area contributed by atoms with Crippen molar-refractivity contribution in [1.82, 2.24) is 25.2 Å². The topological polar surface area (TPSA) is 68.8 Å². The van der Waals surface area contributed by atoms with E-state index in [4.69, 9.17) is 4.52 Å². The molecule has 21 heavy (non-hydrogen) atoms. The Morgan fingerprint density at radius 3 is 2.67 bits per heavy atom. The lowest BCUT2D eigenvalue weighted by atomic mass is 10.2. The van der Waals surface area contributed by atoms with Gasteiger partial charge in [-0.2, -0.15) is 10.1 Å². The van der Waals surface area contributed by atoms with Gasteiger partial charge in [-0.1, -0.05) is 23.4 Å². The normalized spacial score (nSPS) is 11.0. The Balaban J connectivity index is 1.75. The summed E-state index contributed by atoms with van der Waals surface area (Å²) < 4.78 is 6.68. The van der Waals surface area contributed by atoms with E-state index in [0.29, 0.717) is 12.4 Å². The third-order valence-corrected chi connectivity index (χ3v) is 3.43. The third-order valence-electron chi connectivity index (χ3n) is 3.43. The summed E-state index contributed by atoms with van der Waals surface area (Å²) in [6.45, 7) is 5.40. The number of hydrogen-bond acceptors (Lipinski definition) is 5. The molecule has 0 saturated carbocycles. The van der Waals surface area contributed by atoms with Crippen LogP contribution in [0.15, 0.2) is 41.2 Å². The predicted octanol–water partition coefficient (Wildman–Crippen LogP) is 2.16. The van der Waals surface area contributed by atoms with Crippen LogP contribution in [0.4, 0.5) is 0 Å². The van der Waals surface area contributed by atoms with Crippen LogP contribution in [-0.4, -0.2) is 19.9 Å². The summed E-state index contributed by atoms with van der Waals surface area (Å²) in [5, 5.41) is 11.7. The van der Waals surface area contributed by atoms with Crippen LogP contribution in [-0.2, 0) is 13.1 Å². The van der Waals surface area contributed by atoms with Crippen molar-refractivity contribution in [1.29, 1.82) is 0 Å². The molecule has 0 amide bonds. The first-order valence-electron chi connectivity index (χ1n) is 6.82. The van der Waals surface area contributed by atoms with Gasteiger partial charge in [-0.05, 0) is 26.0 Å². The summed E-state index contributed by atoms with van der Waals surface area (Å²) in [6.07, 6.45) is 1.33. The molecule has 0 aliphatic rings. The SMILES string of the molecule is Cc1nn(-c2ccccc2)c(C)c1CNCc1ncon1. The van der Waals surface area contributed by atoms with Gasteiger partial charge in [0, 0.05) is 17.8 Å². The highest BCUT2D eigenvalue weighted by atomic mass is 16.5. The fourth-order valence-corrected chi connectivity index (χ4v) is 2.32. The molecule has 0 aliphatic carbocycles. The Labute approximate surface area is 122 Å². The minimum absolute atomic E-state index is 0.575. The van der Waals surface area contributed by atoms with Crippen molar-refractivity contribution in [2.45, 2.75) is 26.9 Å². The fraction of sp³-hybridized carbons (Fsp3) is 0.267. The van der Waals surface area contributed by atoms with E-state index < -0.39 is 0 Å². The second-order valence-electron chi connectivity index (χ2n) is 4.85. The summed E-state index contributed by atoms with van der Waals surface area (Å²) >= 11 is 0. The van der Waals surface area contributed by atoms with Gasteiger partial charge < -0.3 is 9.84 Å². The lowest BCUT2D eigenvalue weighted by Crippen LogP contribution is -2.14. The molecule has 1 N–H and O–H groups in total. The third kappa shape index (κ3) is 2.85. The van der Waals surface area contributed by atoms with Crippen LogP contribution in [0.1, 0.15) is 22.8 Å². The lowest BCUT2D eigenvalue weighted by Gasteiger charge is -2.05. The molecule has 0 fully saturated rings. The zero-order chi connectivity index (χ0) is 14.7. The maximum Gasteiger partial charge on any atom is 0.213 e. The zero-order valence-electron chi connectivity index (χ0n) is 12.1. The Kier molecular flexibility index (Phi) is 3.79. The summed E-state index contributed by atoms with van der Waals surface area (Å²) in [6, 6.07) is 10.1. The molecule has 0 spiro atoms. The van der Waals surface area contributed by atoms with Gasteiger partial charge in [0.05, 0.1) is 17.9 Å². The molecular formula is C15H17N5O. The van der Waals surface area contributed by atoms with Gasteiger partial charge in [0.25, 0.3) is 0 Å². The van der Waals surface area contributed by atoms with E-state index in [9.17, 15) is 0 Å². The van der Waals surface area contributed by atoms with E-state index in [1.54, 1.807) is 0 Å². The van der Waals surface area contributed by atoms with Crippen molar-refractivity contribution in [3.63, 3.8) is 0 Å². The maximum absolute atomic E-state index is 4.71. The van der Waals surface area contributed by atoms with Crippen LogP contribution in [0.5, 0.6) is 0 Å². The van der Waals surface area contributed by atoms with Crippen molar-refractivity contribution < 1.29 is 4.52 Å². The van der Waals surface area contributed by atoms with Crippen molar-refractivity contribution >= 4 is 0 Å². The summed E-state index contributed by atoms with van der Waals surface area (Å²) in [5.41, 5.74) is 4.43. The maximum atomic E-state index is 4.71. The van der Waals surface area contributed by atoms with E-state index in [0.717, 1.165) is 23.6 Å². The number of nitrogens with zero attached hydrogens (tertiary/aromatic N) is 4. The van der Waals surface area contributed by atoms with Gasteiger partial charge >= 0.3 is 0 Å². The summed E-state index contributed by atoms with van der Waals surface area (Å²) in [4.78, 5) is 3.98. The van der Waals surface area contributed by atoms with E-state index >= 15 is 0 Å². The van der Waals surface area contributed by atoms with Crippen LogP contribution in [0.25, 0.3) is 5.69 Å². The van der Waals surface area contributed by atoms with Crippen molar-refractivity contribution in [3.8, 4) is 5.69 Å². The van der Waals surface area contributed by atoms with Gasteiger partial charge in [-0.15, -0.1) is 0 Å². The molecule has 0 aliphatic heterocycles. The van der Waals surface area contributed by atoms with Crippen LogP contribution in [0.3, 0.4) is 0 Å². The highest BCUT2D eigenvalue weighted by Crippen LogP contribution is 2.17. The van der Waals surface area contributed by atoms with Crippen LogP contribution < -0.4 is 5.32 Å². The second-order valence-corrected chi connectivity index (χ2v) is 4.85. The minimum atomic E-state index is 0.575. The largest absolute Gasteiger partial charge is 0.343 e. The first kappa shape index (κ1) is 13.5. The monoisotopic (exact) mass is 283 g/mol. The first-order valence-corrected chi connectivity index (χ1v) is 6.82. The van der Waals surface area contributed by atoms with Gasteiger partial charge in [-0.3, -0.25) is 0 Å². The lowest BCUT2D eigenvalue weighted by molar-refractivity contribution is 0.407. The molecule has 0 unspecified atom stereocenters. The molecule has 3 aromatic rings. The van der Waals surface area contributed by atoms with Crippen molar-refractivity contribution in [2.24, 2.45) is 0 Å². The molecule has 0 radical (unpaired) electrons. The molecule has 108 valence electrons. The Morgan fingerprint density at radius 1 is 1.14 bits per heavy atom. The Bertz CT molecular complexity index is 703. The standard InChI is InChI=1S/C15H17N5O/c1-11-14(8-16-9-15-17-10-21-19-15)12(2)20(18-11)13-6-4-3-5-7-13/h3-7,10,16H,8-9H2,1-2H3. The van der Waals surface area contributed by atoms with E-state index in [-0.39, 0.29) is 0 Å². The molecule has 0 saturated heterocycles. The molecule has 2 aromatic heterocycles. The minimum Gasteiger partial charge on any atom is -0.343 e.